The Hall–Kier alpha value is -1.11. The van der Waals surface area contributed by atoms with E-state index in [1.54, 1.807) is 6.07 Å². The molecule has 0 spiro atoms. The molecule has 0 radical (unpaired) electrons. The quantitative estimate of drug-likeness (QED) is 0.743. The average Bonchev–Trinajstić information content (AvgIpc) is 3.19. The molecule has 1 aromatic rings. The second-order valence-electron chi connectivity index (χ2n) is 5.74. The highest BCUT2D eigenvalue weighted by atomic mass is 35.5. The minimum atomic E-state index is -3.04. The van der Waals surface area contributed by atoms with Gasteiger partial charge in [-0.15, -0.1) is 12.4 Å². The lowest BCUT2D eigenvalue weighted by Gasteiger charge is -2.08. The summed E-state index contributed by atoms with van der Waals surface area (Å²) in [7, 11) is -3.04. The molecule has 2 N–H and O–H groups in total. The number of benzene rings is 1. The predicted octanol–water partition coefficient (Wildman–Crippen LogP) is 1.27. The molecule has 1 fully saturated rings. The van der Waals surface area contributed by atoms with Crippen LogP contribution in [0.4, 0.5) is 0 Å². The van der Waals surface area contributed by atoms with Crippen LogP contribution < -0.4 is 10.6 Å². The number of hydrogen-bond acceptors (Lipinski definition) is 4. The van der Waals surface area contributed by atoms with Gasteiger partial charge >= 0.3 is 0 Å². The van der Waals surface area contributed by atoms with Crippen molar-refractivity contribution in [3.63, 3.8) is 0 Å². The molecule has 0 unspecified atom stereocenters. The Morgan fingerprint density at radius 1 is 1.27 bits per heavy atom. The first kappa shape index (κ1) is 18.9. The fourth-order valence-corrected chi connectivity index (χ4v) is 2.89. The highest BCUT2D eigenvalue weighted by Crippen LogP contribution is 2.27. The van der Waals surface area contributed by atoms with Crippen LogP contribution in [0, 0.1) is 5.92 Å². The fraction of sp³-hybridized carbons (Fsp3) is 0.533. The molecule has 2 rings (SSSR count). The maximum absolute atomic E-state index is 11.7. The van der Waals surface area contributed by atoms with Crippen LogP contribution in [0.3, 0.4) is 0 Å². The number of nitrogens with one attached hydrogen (secondary N) is 2. The predicted molar refractivity (Wildman–Crippen MR) is 89.7 cm³/mol. The zero-order valence-electron chi connectivity index (χ0n) is 12.7. The van der Waals surface area contributed by atoms with Gasteiger partial charge in [0.15, 0.2) is 9.84 Å². The van der Waals surface area contributed by atoms with Crippen LogP contribution in [0.5, 0.6) is 0 Å². The Labute approximate surface area is 138 Å². The Morgan fingerprint density at radius 2 is 1.95 bits per heavy atom. The van der Waals surface area contributed by atoms with Crippen LogP contribution in [0.2, 0.25) is 0 Å². The third-order valence-electron chi connectivity index (χ3n) is 3.33. The van der Waals surface area contributed by atoms with E-state index in [0.717, 1.165) is 23.6 Å². The molecule has 0 atom stereocenters. The first-order valence-electron chi connectivity index (χ1n) is 7.15. The molecule has 7 heteroatoms. The van der Waals surface area contributed by atoms with Crippen molar-refractivity contribution < 1.29 is 13.2 Å². The van der Waals surface area contributed by atoms with Crippen molar-refractivity contribution in [2.24, 2.45) is 5.92 Å². The highest BCUT2D eigenvalue weighted by Gasteiger charge is 2.20. The molecule has 0 heterocycles. The number of sulfone groups is 1. The van der Waals surface area contributed by atoms with Crippen molar-refractivity contribution in [2.75, 3.05) is 19.3 Å². The molecule has 0 bridgehead atoms. The molecule has 1 aliphatic carbocycles. The van der Waals surface area contributed by atoms with E-state index in [-0.39, 0.29) is 24.1 Å². The maximum atomic E-state index is 11.7. The SMILES string of the molecule is CS(=O)(=O)Cc1cccc(CNC(=O)CNCC2CC2)c1.Cl. The third-order valence-corrected chi connectivity index (χ3v) is 4.18. The van der Waals surface area contributed by atoms with Crippen LogP contribution in [-0.4, -0.2) is 33.7 Å². The van der Waals surface area contributed by atoms with E-state index in [4.69, 9.17) is 0 Å². The second kappa shape index (κ2) is 8.50. The van der Waals surface area contributed by atoms with Gasteiger partial charge in [-0.3, -0.25) is 4.79 Å². The van der Waals surface area contributed by atoms with Crippen LogP contribution in [0.1, 0.15) is 24.0 Å². The summed E-state index contributed by atoms with van der Waals surface area (Å²) < 4.78 is 22.6. The molecule has 1 amide bonds. The molecule has 0 aliphatic heterocycles. The van der Waals surface area contributed by atoms with Crippen LogP contribution in [-0.2, 0) is 26.9 Å². The lowest BCUT2D eigenvalue weighted by atomic mass is 10.1. The molecule has 0 saturated heterocycles. The van der Waals surface area contributed by atoms with Gasteiger partial charge < -0.3 is 10.6 Å². The van der Waals surface area contributed by atoms with Gasteiger partial charge in [0.05, 0.1) is 12.3 Å². The van der Waals surface area contributed by atoms with E-state index < -0.39 is 9.84 Å². The smallest absolute Gasteiger partial charge is 0.234 e. The minimum Gasteiger partial charge on any atom is -0.351 e. The molecule has 1 aromatic carbocycles. The highest BCUT2D eigenvalue weighted by molar-refractivity contribution is 7.89. The molecule has 1 aliphatic rings. The van der Waals surface area contributed by atoms with E-state index in [0.29, 0.717) is 13.1 Å². The number of hydrogen-bond donors (Lipinski definition) is 2. The molecule has 5 nitrogen and oxygen atoms in total. The first-order chi connectivity index (χ1) is 9.92. The van der Waals surface area contributed by atoms with Crippen LogP contribution >= 0.6 is 12.4 Å². The topological polar surface area (TPSA) is 75.3 Å². The summed E-state index contributed by atoms with van der Waals surface area (Å²) in [4.78, 5) is 11.7. The largest absolute Gasteiger partial charge is 0.351 e. The summed E-state index contributed by atoms with van der Waals surface area (Å²) in [6.07, 6.45) is 3.75. The molecule has 124 valence electrons. The van der Waals surface area contributed by atoms with Crippen LogP contribution in [0.25, 0.3) is 0 Å². The maximum Gasteiger partial charge on any atom is 0.234 e. The van der Waals surface area contributed by atoms with Crippen molar-refractivity contribution in [1.29, 1.82) is 0 Å². The fourth-order valence-electron chi connectivity index (χ4n) is 2.11. The first-order valence-corrected chi connectivity index (χ1v) is 9.21. The van der Waals surface area contributed by atoms with Gasteiger partial charge in [0, 0.05) is 12.8 Å². The normalized spacial score (nSPS) is 14.2. The Bertz CT molecular complexity index is 601. The molecular weight excluding hydrogens is 324 g/mol. The van der Waals surface area contributed by atoms with Crippen molar-refractivity contribution >= 4 is 28.2 Å². The standard InChI is InChI=1S/C15H22N2O3S.ClH/c1-21(19,20)11-14-4-2-3-13(7-14)9-17-15(18)10-16-8-12-5-6-12;/h2-4,7,12,16H,5-6,8-11H2,1H3,(H,17,18);1H. The zero-order chi connectivity index (χ0) is 15.3. The summed E-state index contributed by atoms with van der Waals surface area (Å²) in [6.45, 7) is 1.67. The van der Waals surface area contributed by atoms with Gasteiger partial charge in [0.2, 0.25) is 5.91 Å². The number of carbonyl (C=O) groups excluding carboxylic acids is 1. The lowest BCUT2D eigenvalue weighted by molar-refractivity contribution is -0.120. The average molecular weight is 347 g/mol. The zero-order valence-corrected chi connectivity index (χ0v) is 14.3. The number of carbonyl (C=O) groups is 1. The Balaban J connectivity index is 0.00000242. The van der Waals surface area contributed by atoms with E-state index in [2.05, 4.69) is 10.6 Å². The van der Waals surface area contributed by atoms with Crippen molar-refractivity contribution in [3.05, 3.63) is 35.4 Å². The van der Waals surface area contributed by atoms with Gasteiger partial charge in [-0.1, -0.05) is 24.3 Å². The van der Waals surface area contributed by atoms with Gasteiger partial charge in [-0.2, -0.15) is 0 Å². The summed E-state index contributed by atoms with van der Waals surface area (Å²) in [5, 5.41) is 5.97. The van der Waals surface area contributed by atoms with Gasteiger partial charge in [0.1, 0.15) is 0 Å². The van der Waals surface area contributed by atoms with E-state index in [1.807, 2.05) is 18.2 Å². The van der Waals surface area contributed by atoms with E-state index in [1.165, 1.54) is 19.1 Å². The van der Waals surface area contributed by atoms with Gasteiger partial charge in [-0.25, -0.2) is 8.42 Å². The molecule has 1 saturated carbocycles. The van der Waals surface area contributed by atoms with Crippen molar-refractivity contribution in [3.8, 4) is 0 Å². The van der Waals surface area contributed by atoms with Crippen LogP contribution in [0.15, 0.2) is 24.3 Å². The number of halogens is 1. The summed E-state index contributed by atoms with van der Waals surface area (Å²) in [5.41, 5.74) is 1.66. The van der Waals surface area contributed by atoms with E-state index in [9.17, 15) is 13.2 Å². The van der Waals surface area contributed by atoms with Gasteiger partial charge in [0.25, 0.3) is 0 Å². The second-order valence-corrected chi connectivity index (χ2v) is 7.88. The molecule has 22 heavy (non-hydrogen) atoms. The Morgan fingerprint density at radius 3 is 2.59 bits per heavy atom. The van der Waals surface area contributed by atoms with Crippen molar-refractivity contribution in [2.45, 2.75) is 25.1 Å². The Kier molecular flexibility index (Phi) is 7.32. The summed E-state index contributed by atoms with van der Waals surface area (Å²) in [6, 6.07) is 7.29. The van der Waals surface area contributed by atoms with Crippen molar-refractivity contribution in [1.82, 2.24) is 10.6 Å². The summed E-state index contributed by atoms with van der Waals surface area (Å²) >= 11 is 0. The molecular formula is C15H23ClN2O3S. The third kappa shape index (κ3) is 7.77. The summed E-state index contributed by atoms with van der Waals surface area (Å²) in [5.74, 6) is 0.743. The lowest BCUT2D eigenvalue weighted by Crippen LogP contribution is -2.34. The number of rotatable bonds is 8. The minimum absolute atomic E-state index is 0. The monoisotopic (exact) mass is 346 g/mol. The number of amides is 1. The van der Waals surface area contributed by atoms with Gasteiger partial charge in [-0.05, 0) is 36.4 Å². The molecule has 0 aromatic heterocycles. The van der Waals surface area contributed by atoms with E-state index >= 15 is 0 Å².